The van der Waals surface area contributed by atoms with Crippen LogP contribution in [0.5, 0.6) is 23.0 Å². The first-order valence-corrected chi connectivity index (χ1v) is 15.8. The topological polar surface area (TPSA) is 71.1 Å². The molecule has 4 aromatic rings. The van der Waals surface area contributed by atoms with Gasteiger partial charge < -0.3 is 18.1 Å². The van der Waals surface area contributed by atoms with Gasteiger partial charge in [0, 0.05) is 18.7 Å². The standard InChI is InChI=1S/C29H30O6P2/c1-29(2,23-15-19-27(20-16-23)32-36(3,4)30)24-17-21-28(22-18-24)35-37(31,33-25-11-7-5-8-12-25)34-26-13-9-6-10-14-26/h5-22H,1-4H3. The molecule has 6 nitrogen and oxygen atoms in total. The van der Waals surface area contributed by atoms with E-state index in [2.05, 4.69) is 13.8 Å². The van der Waals surface area contributed by atoms with Crippen LogP contribution in [0.4, 0.5) is 0 Å². The second-order valence-electron chi connectivity index (χ2n) is 9.36. The van der Waals surface area contributed by atoms with Crippen LogP contribution in [-0.4, -0.2) is 13.3 Å². The lowest BCUT2D eigenvalue weighted by atomic mass is 9.78. The third-order valence-corrected chi connectivity index (χ3v) is 7.57. The summed E-state index contributed by atoms with van der Waals surface area (Å²) in [4.78, 5) is 0. The largest absolute Gasteiger partial charge is 0.647 e. The van der Waals surface area contributed by atoms with E-state index < -0.39 is 15.2 Å². The van der Waals surface area contributed by atoms with Crippen molar-refractivity contribution in [1.82, 2.24) is 0 Å². The molecule has 0 saturated heterocycles. The summed E-state index contributed by atoms with van der Waals surface area (Å²) < 4.78 is 48.3. The Morgan fingerprint density at radius 3 is 1.16 bits per heavy atom. The van der Waals surface area contributed by atoms with Crippen LogP contribution >= 0.6 is 15.2 Å². The molecular weight excluding hydrogens is 506 g/mol. The Morgan fingerprint density at radius 1 is 0.486 bits per heavy atom. The van der Waals surface area contributed by atoms with Gasteiger partial charge in [-0.05, 0) is 59.7 Å². The Balaban J connectivity index is 1.54. The van der Waals surface area contributed by atoms with Gasteiger partial charge in [0.2, 0.25) is 7.37 Å². The van der Waals surface area contributed by atoms with Gasteiger partial charge in [-0.15, -0.1) is 0 Å². The quantitative estimate of drug-likeness (QED) is 0.189. The number of hydrogen-bond donors (Lipinski definition) is 0. The predicted octanol–water partition coefficient (Wildman–Crippen LogP) is 8.57. The van der Waals surface area contributed by atoms with Crippen molar-refractivity contribution in [1.29, 1.82) is 0 Å². The summed E-state index contributed by atoms with van der Waals surface area (Å²) in [5.41, 5.74) is 1.73. The fourth-order valence-electron chi connectivity index (χ4n) is 3.69. The lowest BCUT2D eigenvalue weighted by Gasteiger charge is -2.27. The molecule has 0 saturated carbocycles. The Kier molecular flexibility index (Phi) is 7.82. The summed E-state index contributed by atoms with van der Waals surface area (Å²) in [5, 5.41) is 0. The van der Waals surface area contributed by atoms with Gasteiger partial charge in [0.1, 0.15) is 23.0 Å². The van der Waals surface area contributed by atoms with Crippen LogP contribution in [0.2, 0.25) is 0 Å². The lowest BCUT2D eigenvalue weighted by Crippen LogP contribution is -2.18. The first-order valence-electron chi connectivity index (χ1n) is 11.8. The normalized spacial score (nSPS) is 12.0. The first-order chi connectivity index (χ1) is 17.5. The minimum Gasteiger partial charge on any atom is -0.443 e. The van der Waals surface area contributed by atoms with Crippen LogP contribution in [0, 0.1) is 0 Å². The van der Waals surface area contributed by atoms with Gasteiger partial charge >= 0.3 is 7.82 Å². The van der Waals surface area contributed by atoms with Crippen molar-refractivity contribution in [2.75, 3.05) is 13.3 Å². The Hall–Kier alpha value is -3.46. The zero-order valence-corrected chi connectivity index (χ0v) is 23.0. The van der Waals surface area contributed by atoms with E-state index in [1.54, 1.807) is 74.0 Å². The monoisotopic (exact) mass is 536 g/mol. The molecule has 4 aromatic carbocycles. The molecule has 0 unspecified atom stereocenters. The summed E-state index contributed by atoms with van der Waals surface area (Å²) in [6.07, 6.45) is 0. The molecule has 0 radical (unpaired) electrons. The highest BCUT2D eigenvalue weighted by Gasteiger charge is 2.33. The highest BCUT2D eigenvalue weighted by Crippen LogP contribution is 2.50. The molecule has 37 heavy (non-hydrogen) atoms. The van der Waals surface area contributed by atoms with Crippen molar-refractivity contribution in [3.63, 3.8) is 0 Å². The molecule has 0 aliphatic rings. The second-order valence-corrected chi connectivity index (χ2v) is 13.5. The molecule has 0 atom stereocenters. The van der Waals surface area contributed by atoms with Gasteiger partial charge in [0.25, 0.3) is 0 Å². The number of para-hydroxylation sites is 2. The zero-order chi connectivity index (χ0) is 26.5. The van der Waals surface area contributed by atoms with E-state index in [4.69, 9.17) is 18.1 Å². The van der Waals surface area contributed by atoms with Crippen LogP contribution in [0.1, 0.15) is 25.0 Å². The van der Waals surface area contributed by atoms with E-state index in [0.29, 0.717) is 23.0 Å². The zero-order valence-electron chi connectivity index (χ0n) is 21.2. The fraction of sp³-hybridized carbons (Fsp3) is 0.172. The van der Waals surface area contributed by atoms with E-state index in [1.807, 2.05) is 48.5 Å². The summed E-state index contributed by atoms with van der Waals surface area (Å²) in [6, 6.07) is 32.4. The van der Waals surface area contributed by atoms with Gasteiger partial charge in [-0.2, -0.15) is 4.57 Å². The summed E-state index contributed by atoms with van der Waals surface area (Å²) in [7, 11) is -6.69. The maximum absolute atomic E-state index is 13.7. The Labute approximate surface area is 218 Å². The summed E-state index contributed by atoms with van der Waals surface area (Å²) in [5.74, 6) is 1.66. The molecule has 0 aliphatic carbocycles. The number of phosphoric ester groups is 1. The molecule has 192 valence electrons. The summed E-state index contributed by atoms with van der Waals surface area (Å²) >= 11 is 0. The second kappa shape index (κ2) is 10.9. The van der Waals surface area contributed by atoms with E-state index >= 15 is 0 Å². The fourth-order valence-corrected chi connectivity index (χ4v) is 5.57. The molecular formula is C29H30O6P2. The molecule has 0 heterocycles. The predicted molar refractivity (Wildman–Crippen MR) is 147 cm³/mol. The maximum Gasteiger partial charge on any atom is 0.647 e. The van der Waals surface area contributed by atoms with Crippen LogP contribution in [0.3, 0.4) is 0 Å². The number of benzene rings is 4. The molecule has 0 N–H and O–H groups in total. The highest BCUT2D eigenvalue weighted by molar-refractivity contribution is 7.57. The van der Waals surface area contributed by atoms with Crippen molar-refractivity contribution >= 4 is 15.2 Å². The molecule has 0 spiro atoms. The minimum atomic E-state index is -4.06. The van der Waals surface area contributed by atoms with E-state index in [0.717, 1.165) is 11.1 Å². The van der Waals surface area contributed by atoms with Crippen molar-refractivity contribution in [2.24, 2.45) is 0 Å². The lowest BCUT2D eigenvalue weighted by molar-refractivity contribution is 0.298. The van der Waals surface area contributed by atoms with E-state index in [-0.39, 0.29) is 5.41 Å². The molecule has 0 fully saturated rings. The SMILES string of the molecule is CC(C)(c1ccc(OP(C)(C)=O)cc1)c1ccc(OP(=O)(Oc2ccccc2)Oc2ccccc2)cc1. The number of hydrogen-bond acceptors (Lipinski definition) is 6. The van der Waals surface area contributed by atoms with Crippen molar-refractivity contribution < 1.29 is 27.2 Å². The van der Waals surface area contributed by atoms with Crippen LogP contribution in [0.25, 0.3) is 0 Å². The highest BCUT2D eigenvalue weighted by atomic mass is 31.2. The van der Waals surface area contributed by atoms with Crippen molar-refractivity contribution in [3.05, 3.63) is 120 Å². The Bertz CT molecular complexity index is 1350. The molecule has 0 amide bonds. The number of rotatable bonds is 10. The van der Waals surface area contributed by atoms with Gasteiger partial charge in [-0.25, -0.2) is 0 Å². The Morgan fingerprint density at radius 2 is 0.811 bits per heavy atom. The molecule has 0 aliphatic heterocycles. The van der Waals surface area contributed by atoms with Crippen molar-refractivity contribution in [2.45, 2.75) is 19.3 Å². The number of phosphoric acid groups is 1. The van der Waals surface area contributed by atoms with Gasteiger partial charge in [0.15, 0.2) is 0 Å². The third-order valence-electron chi connectivity index (χ3n) is 5.62. The average molecular weight is 537 g/mol. The molecule has 0 aromatic heterocycles. The van der Waals surface area contributed by atoms with Gasteiger partial charge in [0.05, 0.1) is 0 Å². The smallest absolute Gasteiger partial charge is 0.443 e. The minimum absolute atomic E-state index is 0.343. The summed E-state index contributed by atoms with van der Waals surface area (Å²) in [6.45, 7) is 7.38. The van der Waals surface area contributed by atoms with Crippen molar-refractivity contribution in [3.8, 4) is 23.0 Å². The van der Waals surface area contributed by atoms with Crippen LogP contribution < -0.4 is 18.1 Å². The molecule has 8 heteroatoms. The van der Waals surface area contributed by atoms with Crippen LogP contribution in [0.15, 0.2) is 109 Å². The molecule has 4 rings (SSSR count). The first kappa shape index (κ1) is 26.6. The maximum atomic E-state index is 13.7. The average Bonchev–Trinajstić information content (AvgIpc) is 2.85. The third kappa shape index (κ3) is 7.29. The van der Waals surface area contributed by atoms with Gasteiger partial charge in [-0.3, -0.25) is 4.57 Å². The van der Waals surface area contributed by atoms with Crippen LogP contribution in [-0.2, 0) is 14.5 Å². The van der Waals surface area contributed by atoms with E-state index in [9.17, 15) is 9.13 Å². The van der Waals surface area contributed by atoms with Gasteiger partial charge in [-0.1, -0.05) is 74.5 Å². The molecule has 0 bridgehead atoms. The van der Waals surface area contributed by atoms with E-state index in [1.165, 1.54) is 0 Å².